The normalized spacial score (nSPS) is 15.0. The van der Waals surface area contributed by atoms with E-state index in [1.165, 1.54) is 30.6 Å². The minimum atomic E-state index is 0.361. The first kappa shape index (κ1) is 14.1. The number of hydrogen-bond acceptors (Lipinski definition) is 4. The van der Waals surface area contributed by atoms with Gasteiger partial charge in [0.2, 0.25) is 5.76 Å². The van der Waals surface area contributed by atoms with E-state index in [2.05, 4.69) is 23.5 Å². The van der Waals surface area contributed by atoms with Crippen molar-refractivity contribution in [3.63, 3.8) is 0 Å². The molecule has 3 rings (SSSR count). The summed E-state index contributed by atoms with van der Waals surface area (Å²) in [5, 5.41) is 12.9. The number of benzene rings is 1. The predicted molar refractivity (Wildman–Crippen MR) is 85.3 cm³/mol. The number of nitriles is 1. The molecule has 21 heavy (non-hydrogen) atoms. The molecule has 3 nitrogen and oxygen atoms in total. The van der Waals surface area contributed by atoms with Gasteiger partial charge in [-0.1, -0.05) is 25.0 Å². The molecular weight excluding hydrogens is 280 g/mol. The summed E-state index contributed by atoms with van der Waals surface area (Å²) in [6, 6.07) is 14.0. The van der Waals surface area contributed by atoms with Crippen LogP contribution in [0.2, 0.25) is 0 Å². The van der Waals surface area contributed by atoms with Gasteiger partial charge in [-0.05, 0) is 37.1 Å². The fourth-order valence-electron chi connectivity index (χ4n) is 2.62. The van der Waals surface area contributed by atoms with E-state index in [4.69, 9.17) is 9.68 Å². The molecule has 1 aliphatic carbocycles. The van der Waals surface area contributed by atoms with Crippen molar-refractivity contribution in [1.82, 2.24) is 0 Å². The van der Waals surface area contributed by atoms with Crippen LogP contribution in [0.3, 0.4) is 0 Å². The van der Waals surface area contributed by atoms with Crippen LogP contribution in [0.15, 0.2) is 45.7 Å². The first-order valence-corrected chi connectivity index (χ1v) is 8.21. The lowest BCUT2D eigenvalue weighted by molar-refractivity contribution is 0.506. The molecule has 0 aliphatic heterocycles. The minimum absolute atomic E-state index is 0.361. The molecule has 2 aromatic rings. The summed E-state index contributed by atoms with van der Waals surface area (Å²) in [7, 11) is 0. The van der Waals surface area contributed by atoms with E-state index in [0.29, 0.717) is 12.3 Å². The van der Waals surface area contributed by atoms with Crippen molar-refractivity contribution in [3.8, 4) is 6.07 Å². The Morgan fingerprint density at radius 2 is 2.00 bits per heavy atom. The molecule has 1 heterocycles. The number of nitrogens with zero attached hydrogens (tertiary/aromatic N) is 1. The van der Waals surface area contributed by atoms with E-state index >= 15 is 0 Å². The Hall–Kier alpha value is -1.86. The van der Waals surface area contributed by atoms with Gasteiger partial charge in [-0.15, -0.1) is 11.8 Å². The zero-order chi connectivity index (χ0) is 14.5. The van der Waals surface area contributed by atoms with Crippen molar-refractivity contribution < 1.29 is 4.42 Å². The number of hydrogen-bond donors (Lipinski definition) is 1. The topological polar surface area (TPSA) is 49.0 Å². The molecule has 1 fully saturated rings. The molecule has 4 heteroatoms. The SMILES string of the molecule is N#Cc1ccc(CNc2ccccc2SC2CCCC2)o1. The first-order valence-electron chi connectivity index (χ1n) is 7.33. The van der Waals surface area contributed by atoms with Gasteiger partial charge in [0, 0.05) is 15.8 Å². The summed E-state index contributed by atoms with van der Waals surface area (Å²) in [5.74, 6) is 1.15. The second kappa shape index (κ2) is 6.73. The average Bonchev–Trinajstić information content (AvgIpc) is 3.17. The lowest BCUT2D eigenvalue weighted by Crippen LogP contribution is -2.01. The van der Waals surface area contributed by atoms with Crippen LogP contribution in [-0.4, -0.2) is 5.25 Å². The monoisotopic (exact) mass is 298 g/mol. The van der Waals surface area contributed by atoms with Gasteiger partial charge in [-0.25, -0.2) is 0 Å². The summed E-state index contributed by atoms with van der Waals surface area (Å²) in [6.45, 7) is 0.601. The maximum Gasteiger partial charge on any atom is 0.203 e. The quantitative estimate of drug-likeness (QED) is 0.861. The highest BCUT2D eigenvalue weighted by atomic mass is 32.2. The predicted octanol–water partition coefficient (Wildman–Crippen LogP) is 4.80. The standard InChI is InChI=1S/C17H18N2OS/c18-11-13-9-10-14(20-13)12-19-16-7-3-4-8-17(16)21-15-5-1-2-6-15/h3-4,7-10,15,19H,1-2,5-6,12H2. The van der Waals surface area contributed by atoms with Crippen LogP contribution in [0.5, 0.6) is 0 Å². The van der Waals surface area contributed by atoms with Gasteiger partial charge < -0.3 is 9.73 Å². The Morgan fingerprint density at radius 3 is 2.76 bits per heavy atom. The molecule has 0 radical (unpaired) electrons. The second-order valence-corrected chi connectivity index (χ2v) is 6.59. The molecule has 0 spiro atoms. The van der Waals surface area contributed by atoms with Gasteiger partial charge in [0.25, 0.3) is 0 Å². The van der Waals surface area contributed by atoms with Crippen molar-refractivity contribution >= 4 is 17.4 Å². The van der Waals surface area contributed by atoms with E-state index < -0.39 is 0 Å². The van der Waals surface area contributed by atoms with Crippen molar-refractivity contribution in [1.29, 1.82) is 5.26 Å². The van der Waals surface area contributed by atoms with Crippen LogP contribution >= 0.6 is 11.8 Å². The van der Waals surface area contributed by atoms with Gasteiger partial charge in [0.05, 0.1) is 6.54 Å². The fraction of sp³-hybridized carbons (Fsp3) is 0.353. The van der Waals surface area contributed by atoms with Gasteiger partial charge in [0.15, 0.2) is 0 Å². The number of furan rings is 1. The van der Waals surface area contributed by atoms with Gasteiger partial charge in [0.1, 0.15) is 11.8 Å². The first-order chi connectivity index (χ1) is 10.3. The third-order valence-electron chi connectivity index (χ3n) is 3.71. The maximum atomic E-state index is 8.77. The van der Waals surface area contributed by atoms with Crippen molar-refractivity contribution in [2.45, 2.75) is 42.4 Å². The molecule has 0 bridgehead atoms. The molecule has 0 atom stereocenters. The zero-order valence-corrected chi connectivity index (χ0v) is 12.7. The Kier molecular flexibility index (Phi) is 4.52. The van der Waals surface area contributed by atoms with Crippen LogP contribution in [-0.2, 0) is 6.54 Å². The van der Waals surface area contributed by atoms with Crippen LogP contribution in [0.4, 0.5) is 5.69 Å². The largest absolute Gasteiger partial charge is 0.449 e. The molecule has 1 saturated carbocycles. The highest BCUT2D eigenvalue weighted by molar-refractivity contribution is 8.00. The molecule has 0 unspecified atom stereocenters. The molecule has 1 N–H and O–H groups in total. The number of para-hydroxylation sites is 1. The molecular formula is C17H18N2OS. The summed E-state index contributed by atoms with van der Waals surface area (Å²) < 4.78 is 5.40. The summed E-state index contributed by atoms with van der Waals surface area (Å²) in [5.41, 5.74) is 1.14. The number of thioether (sulfide) groups is 1. The van der Waals surface area contributed by atoms with Crippen LogP contribution in [0.1, 0.15) is 37.2 Å². The van der Waals surface area contributed by atoms with E-state index in [9.17, 15) is 0 Å². The zero-order valence-electron chi connectivity index (χ0n) is 11.8. The molecule has 0 amide bonds. The lowest BCUT2D eigenvalue weighted by atomic mass is 10.3. The van der Waals surface area contributed by atoms with Crippen LogP contribution in [0, 0.1) is 11.3 Å². The Labute approximate surface area is 129 Å². The summed E-state index contributed by atoms with van der Waals surface area (Å²) >= 11 is 1.98. The van der Waals surface area contributed by atoms with Gasteiger partial charge in [-0.3, -0.25) is 0 Å². The molecule has 1 aromatic carbocycles. The van der Waals surface area contributed by atoms with Gasteiger partial charge >= 0.3 is 0 Å². The maximum absolute atomic E-state index is 8.77. The average molecular weight is 298 g/mol. The van der Waals surface area contributed by atoms with E-state index in [1.54, 1.807) is 6.07 Å². The molecule has 1 aromatic heterocycles. The van der Waals surface area contributed by atoms with Gasteiger partial charge in [-0.2, -0.15) is 5.26 Å². The van der Waals surface area contributed by atoms with Crippen LogP contribution < -0.4 is 5.32 Å². The number of rotatable bonds is 5. The minimum Gasteiger partial charge on any atom is -0.449 e. The third kappa shape index (κ3) is 3.62. The highest BCUT2D eigenvalue weighted by Gasteiger charge is 2.17. The fourth-order valence-corrected chi connectivity index (χ4v) is 3.97. The Balaban J connectivity index is 1.65. The smallest absolute Gasteiger partial charge is 0.203 e. The van der Waals surface area contributed by atoms with E-state index in [-0.39, 0.29) is 0 Å². The molecule has 1 aliphatic rings. The van der Waals surface area contributed by atoms with E-state index in [1.807, 2.05) is 30.0 Å². The number of nitrogens with one attached hydrogen (secondary N) is 1. The summed E-state index contributed by atoms with van der Waals surface area (Å²) in [4.78, 5) is 1.30. The second-order valence-electron chi connectivity index (χ2n) is 5.25. The highest BCUT2D eigenvalue weighted by Crippen LogP contribution is 2.38. The van der Waals surface area contributed by atoms with Crippen molar-refractivity contribution in [2.75, 3.05) is 5.32 Å². The molecule has 0 saturated heterocycles. The van der Waals surface area contributed by atoms with Crippen LogP contribution in [0.25, 0.3) is 0 Å². The Morgan fingerprint density at radius 1 is 1.19 bits per heavy atom. The van der Waals surface area contributed by atoms with E-state index in [0.717, 1.165) is 16.7 Å². The van der Waals surface area contributed by atoms with Crippen molar-refractivity contribution in [2.24, 2.45) is 0 Å². The summed E-state index contributed by atoms with van der Waals surface area (Å²) in [6.07, 6.45) is 5.36. The number of anilines is 1. The Bertz CT molecular complexity index is 638. The van der Waals surface area contributed by atoms with Crippen molar-refractivity contribution in [3.05, 3.63) is 47.9 Å². The lowest BCUT2D eigenvalue weighted by Gasteiger charge is -2.14. The third-order valence-corrected chi connectivity index (χ3v) is 5.12. The molecule has 108 valence electrons.